The van der Waals surface area contributed by atoms with E-state index in [4.69, 9.17) is 4.74 Å². The molecule has 1 amide bonds. The smallest absolute Gasteiger partial charge is 0.258 e. The summed E-state index contributed by atoms with van der Waals surface area (Å²) in [7, 11) is 0. The van der Waals surface area contributed by atoms with Gasteiger partial charge in [-0.1, -0.05) is 51.1 Å². The molecule has 0 bridgehead atoms. The number of ether oxygens (including phenoxy) is 1. The lowest BCUT2D eigenvalue weighted by molar-refractivity contribution is -0.123. The van der Waals surface area contributed by atoms with Crippen LogP contribution in [0.1, 0.15) is 56.3 Å². The maximum atomic E-state index is 12.2. The molecule has 25 heavy (non-hydrogen) atoms. The van der Waals surface area contributed by atoms with E-state index in [0.29, 0.717) is 11.7 Å². The molecule has 0 saturated heterocycles. The van der Waals surface area contributed by atoms with Crippen molar-refractivity contribution in [1.29, 1.82) is 0 Å². The number of hydrogen-bond donors (Lipinski definition) is 1. The Kier molecular flexibility index (Phi) is 7.06. The van der Waals surface area contributed by atoms with Gasteiger partial charge < -0.3 is 10.1 Å². The van der Waals surface area contributed by atoms with Gasteiger partial charge in [0, 0.05) is 0 Å². The first-order valence-corrected chi connectivity index (χ1v) is 9.50. The van der Waals surface area contributed by atoms with Crippen LogP contribution in [0.25, 0.3) is 0 Å². The number of amides is 1. The summed E-state index contributed by atoms with van der Waals surface area (Å²) in [5.41, 5.74) is 3.61. The van der Waals surface area contributed by atoms with Gasteiger partial charge in [0.15, 0.2) is 6.61 Å². The summed E-state index contributed by atoms with van der Waals surface area (Å²) in [4.78, 5) is 12.2. The molecule has 3 nitrogen and oxygen atoms in total. The van der Waals surface area contributed by atoms with Crippen LogP contribution in [-0.2, 0) is 11.2 Å². The SMILES string of the molecule is CCc1ccc(C(C)NC(=O)COc2ccc(C(C)C)cc2Br)cc1. The van der Waals surface area contributed by atoms with Crippen LogP contribution in [0.4, 0.5) is 0 Å². The minimum Gasteiger partial charge on any atom is -0.483 e. The van der Waals surface area contributed by atoms with E-state index < -0.39 is 0 Å². The topological polar surface area (TPSA) is 38.3 Å². The lowest BCUT2D eigenvalue weighted by Crippen LogP contribution is -2.31. The maximum Gasteiger partial charge on any atom is 0.258 e. The number of halogens is 1. The van der Waals surface area contributed by atoms with E-state index in [9.17, 15) is 4.79 Å². The van der Waals surface area contributed by atoms with Crippen molar-refractivity contribution >= 4 is 21.8 Å². The molecule has 0 aromatic heterocycles. The molecular formula is C21H26BrNO2. The zero-order valence-corrected chi connectivity index (χ0v) is 16.9. The summed E-state index contributed by atoms with van der Waals surface area (Å²) >= 11 is 3.51. The van der Waals surface area contributed by atoms with Crippen LogP contribution >= 0.6 is 15.9 Å². The number of hydrogen-bond acceptors (Lipinski definition) is 2. The number of aryl methyl sites for hydroxylation is 1. The second-order valence-electron chi connectivity index (χ2n) is 6.52. The summed E-state index contributed by atoms with van der Waals surface area (Å²) < 4.78 is 6.52. The molecule has 2 aromatic rings. The Morgan fingerprint density at radius 1 is 1.08 bits per heavy atom. The highest BCUT2D eigenvalue weighted by Crippen LogP contribution is 2.28. The number of carbonyl (C=O) groups excluding carboxylic acids is 1. The molecule has 4 heteroatoms. The first kappa shape index (κ1) is 19.5. The fourth-order valence-corrected chi connectivity index (χ4v) is 3.06. The van der Waals surface area contributed by atoms with Crippen molar-refractivity contribution < 1.29 is 9.53 Å². The van der Waals surface area contributed by atoms with Gasteiger partial charge in [-0.25, -0.2) is 0 Å². The van der Waals surface area contributed by atoms with Crippen LogP contribution in [0.2, 0.25) is 0 Å². The van der Waals surface area contributed by atoms with E-state index >= 15 is 0 Å². The van der Waals surface area contributed by atoms with Crippen LogP contribution in [0.15, 0.2) is 46.9 Å². The van der Waals surface area contributed by atoms with Crippen molar-refractivity contribution in [3.05, 3.63) is 63.6 Å². The number of carbonyl (C=O) groups is 1. The second kappa shape index (κ2) is 9.04. The maximum absolute atomic E-state index is 12.2. The Balaban J connectivity index is 1.89. The Labute approximate surface area is 158 Å². The van der Waals surface area contributed by atoms with E-state index in [2.05, 4.69) is 66.3 Å². The highest BCUT2D eigenvalue weighted by molar-refractivity contribution is 9.10. The normalized spacial score (nSPS) is 12.1. The Morgan fingerprint density at radius 3 is 2.28 bits per heavy atom. The lowest BCUT2D eigenvalue weighted by Gasteiger charge is -2.16. The highest BCUT2D eigenvalue weighted by atomic mass is 79.9. The first-order valence-electron chi connectivity index (χ1n) is 8.71. The molecule has 0 radical (unpaired) electrons. The van der Waals surface area contributed by atoms with Crippen molar-refractivity contribution in [3.8, 4) is 5.75 Å². The highest BCUT2D eigenvalue weighted by Gasteiger charge is 2.12. The zero-order valence-electron chi connectivity index (χ0n) is 15.3. The van der Waals surface area contributed by atoms with Crippen molar-refractivity contribution in [1.82, 2.24) is 5.32 Å². The minimum atomic E-state index is -0.132. The average molecular weight is 404 g/mol. The summed E-state index contributed by atoms with van der Waals surface area (Å²) in [6.45, 7) is 8.39. The standard InChI is InChI=1S/C21H26BrNO2/c1-5-16-6-8-17(9-7-16)15(4)23-21(24)13-25-20-11-10-18(14(2)3)12-19(20)22/h6-12,14-15H,5,13H2,1-4H3,(H,23,24). The van der Waals surface area contributed by atoms with Gasteiger partial charge in [0.05, 0.1) is 10.5 Å². The molecule has 1 atom stereocenters. The summed E-state index contributed by atoms with van der Waals surface area (Å²) in [6, 6.07) is 14.2. The molecule has 2 aromatic carbocycles. The quantitative estimate of drug-likeness (QED) is 0.672. The van der Waals surface area contributed by atoms with E-state index in [1.54, 1.807) is 0 Å². The monoisotopic (exact) mass is 403 g/mol. The summed E-state index contributed by atoms with van der Waals surface area (Å²) in [5.74, 6) is 1.00. The van der Waals surface area contributed by atoms with Gasteiger partial charge in [-0.05, 0) is 64.0 Å². The van der Waals surface area contributed by atoms with Gasteiger partial charge in [0.1, 0.15) is 5.75 Å². The van der Waals surface area contributed by atoms with Crippen LogP contribution in [0.3, 0.4) is 0 Å². The molecule has 0 heterocycles. The number of benzene rings is 2. The van der Waals surface area contributed by atoms with Crippen LogP contribution < -0.4 is 10.1 Å². The fraction of sp³-hybridized carbons (Fsp3) is 0.381. The van der Waals surface area contributed by atoms with Crippen molar-refractivity contribution in [2.75, 3.05) is 6.61 Å². The molecule has 134 valence electrons. The van der Waals surface area contributed by atoms with Gasteiger partial charge in [0.2, 0.25) is 0 Å². The molecule has 2 rings (SSSR count). The largest absolute Gasteiger partial charge is 0.483 e. The zero-order chi connectivity index (χ0) is 18.4. The molecule has 0 fully saturated rings. The predicted molar refractivity (Wildman–Crippen MR) is 106 cm³/mol. The van der Waals surface area contributed by atoms with Crippen molar-refractivity contribution in [3.63, 3.8) is 0 Å². The van der Waals surface area contributed by atoms with Gasteiger partial charge in [0.25, 0.3) is 5.91 Å². The lowest BCUT2D eigenvalue weighted by atomic mass is 10.0. The third-order valence-electron chi connectivity index (χ3n) is 4.25. The van der Waals surface area contributed by atoms with Crippen molar-refractivity contribution in [2.24, 2.45) is 0 Å². The summed E-state index contributed by atoms with van der Waals surface area (Å²) in [5, 5.41) is 2.97. The van der Waals surface area contributed by atoms with Crippen molar-refractivity contribution in [2.45, 2.75) is 46.1 Å². The van der Waals surface area contributed by atoms with Gasteiger partial charge in [-0.15, -0.1) is 0 Å². The molecule has 1 unspecified atom stereocenters. The van der Waals surface area contributed by atoms with Gasteiger partial charge >= 0.3 is 0 Å². The first-order chi connectivity index (χ1) is 11.9. The fourth-order valence-electron chi connectivity index (χ4n) is 2.55. The Morgan fingerprint density at radius 2 is 1.72 bits per heavy atom. The van der Waals surface area contributed by atoms with E-state index in [1.807, 2.05) is 25.1 Å². The third-order valence-corrected chi connectivity index (χ3v) is 4.87. The predicted octanol–water partition coefficient (Wildman–Crippen LogP) is 5.39. The van der Waals surface area contributed by atoms with Crippen LogP contribution in [0, 0.1) is 0 Å². The van der Waals surface area contributed by atoms with Crippen LogP contribution in [0.5, 0.6) is 5.75 Å². The molecule has 0 aliphatic rings. The van der Waals surface area contributed by atoms with E-state index in [1.165, 1.54) is 11.1 Å². The summed E-state index contributed by atoms with van der Waals surface area (Å²) in [6.07, 6.45) is 1.01. The number of rotatable bonds is 7. The molecule has 0 spiro atoms. The molecule has 1 N–H and O–H groups in total. The Bertz CT molecular complexity index is 710. The molecular weight excluding hydrogens is 378 g/mol. The molecule has 0 saturated carbocycles. The molecule has 0 aliphatic carbocycles. The van der Waals surface area contributed by atoms with E-state index in [-0.39, 0.29) is 18.6 Å². The third kappa shape index (κ3) is 5.60. The van der Waals surface area contributed by atoms with Crippen LogP contribution in [-0.4, -0.2) is 12.5 Å². The number of nitrogens with one attached hydrogen (secondary N) is 1. The average Bonchev–Trinajstić information content (AvgIpc) is 2.60. The second-order valence-corrected chi connectivity index (χ2v) is 7.37. The Hall–Kier alpha value is -1.81. The van der Waals surface area contributed by atoms with E-state index in [0.717, 1.165) is 16.5 Å². The minimum absolute atomic E-state index is 0.00297. The molecule has 0 aliphatic heterocycles. The van der Waals surface area contributed by atoms with Gasteiger partial charge in [-0.3, -0.25) is 4.79 Å². The van der Waals surface area contributed by atoms with Gasteiger partial charge in [-0.2, -0.15) is 0 Å².